The van der Waals surface area contributed by atoms with Gasteiger partial charge in [-0.05, 0) is 31.4 Å². The lowest BCUT2D eigenvalue weighted by molar-refractivity contribution is 0.560. The molecule has 1 rings (SSSR count). The van der Waals surface area contributed by atoms with Crippen molar-refractivity contribution in [3.63, 3.8) is 0 Å². The molecule has 0 spiro atoms. The van der Waals surface area contributed by atoms with Crippen LogP contribution in [0.4, 0.5) is 5.69 Å². The van der Waals surface area contributed by atoms with E-state index in [1.54, 1.807) is 0 Å². The highest BCUT2D eigenvalue weighted by molar-refractivity contribution is 6.33. The van der Waals surface area contributed by atoms with E-state index in [9.17, 15) is 0 Å². The van der Waals surface area contributed by atoms with E-state index >= 15 is 0 Å². The fraction of sp³-hybridized carbons (Fsp3) is 0.500. The summed E-state index contributed by atoms with van der Waals surface area (Å²) in [5.74, 6) is 0.602. The van der Waals surface area contributed by atoms with E-state index in [0.29, 0.717) is 12.0 Å². The third-order valence-corrected chi connectivity index (χ3v) is 2.91. The van der Waals surface area contributed by atoms with Gasteiger partial charge in [-0.3, -0.25) is 0 Å². The largest absolute Gasteiger partial charge is 0.381 e. The number of hydrogen-bond donors (Lipinski definition) is 1. The van der Waals surface area contributed by atoms with Crippen LogP contribution in [-0.4, -0.2) is 6.04 Å². The van der Waals surface area contributed by atoms with E-state index in [-0.39, 0.29) is 0 Å². The summed E-state index contributed by atoms with van der Waals surface area (Å²) in [4.78, 5) is 0. The van der Waals surface area contributed by atoms with Crippen LogP contribution in [0.2, 0.25) is 5.02 Å². The Kier molecular flexibility index (Phi) is 3.82. The Morgan fingerprint density at radius 2 is 1.86 bits per heavy atom. The molecule has 1 nitrogen and oxygen atoms in total. The summed E-state index contributed by atoms with van der Waals surface area (Å²) >= 11 is 6.12. The maximum Gasteiger partial charge on any atom is 0.0640 e. The Morgan fingerprint density at radius 3 is 2.36 bits per heavy atom. The van der Waals surface area contributed by atoms with Gasteiger partial charge in [0.25, 0.3) is 0 Å². The molecule has 78 valence electrons. The molecule has 0 radical (unpaired) electrons. The first-order valence-electron chi connectivity index (χ1n) is 5.04. The number of hydrogen-bond acceptors (Lipinski definition) is 1. The van der Waals surface area contributed by atoms with Crippen molar-refractivity contribution in [2.24, 2.45) is 5.92 Å². The molecule has 1 N–H and O–H groups in total. The van der Waals surface area contributed by atoms with Crippen molar-refractivity contribution < 1.29 is 0 Å². The maximum atomic E-state index is 6.12. The molecule has 14 heavy (non-hydrogen) atoms. The Bertz CT molecular complexity index is 287. The number of benzene rings is 1. The smallest absolute Gasteiger partial charge is 0.0640 e. The van der Waals surface area contributed by atoms with Crippen molar-refractivity contribution >= 4 is 17.3 Å². The standard InChI is InChI=1S/C12H18ClN/c1-8(2)10(4)14-12-9(3)6-5-7-11(12)13/h5-8,10,14H,1-4H3. The second kappa shape index (κ2) is 4.70. The van der Waals surface area contributed by atoms with Gasteiger partial charge in [0.15, 0.2) is 0 Å². The Morgan fingerprint density at radius 1 is 1.21 bits per heavy atom. The average Bonchev–Trinajstić information content (AvgIpc) is 2.11. The number of nitrogens with one attached hydrogen (secondary N) is 1. The van der Waals surface area contributed by atoms with Crippen molar-refractivity contribution in [3.8, 4) is 0 Å². The van der Waals surface area contributed by atoms with Gasteiger partial charge in [-0.15, -0.1) is 0 Å². The molecule has 0 aliphatic rings. The monoisotopic (exact) mass is 211 g/mol. The predicted molar refractivity (Wildman–Crippen MR) is 64.1 cm³/mol. The van der Waals surface area contributed by atoms with Crippen molar-refractivity contribution in [3.05, 3.63) is 28.8 Å². The molecular weight excluding hydrogens is 194 g/mol. The maximum absolute atomic E-state index is 6.12. The van der Waals surface area contributed by atoms with E-state index < -0.39 is 0 Å². The minimum Gasteiger partial charge on any atom is -0.381 e. The summed E-state index contributed by atoms with van der Waals surface area (Å²) in [6.07, 6.45) is 0. The van der Waals surface area contributed by atoms with Crippen LogP contribution >= 0.6 is 11.6 Å². The molecule has 1 unspecified atom stereocenters. The SMILES string of the molecule is Cc1cccc(Cl)c1NC(C)C(C)C. The highest BCUT2D eigenvalue weighted by Crippen LogP contribution is 2.26. The molecule has 0 bridgehead atoms. The van der Waals surface area contributed by atoms with Crippen LogP contribution in [0, 0.1) is 12.8 Å². The van der Waals surface area contributed by atoms with Crippen LogP contribution in [0.25, 0.3) is 0 Å². The van der Waals surface area contributed by atoms with E-state index in [1.807, 2.05) is 12.1 Å². The summed E-state index contributed by atoms with van der Waals surface area (Å²) in [5, 5.41) is 4.25. The first kappa shape index (κ1) is 11.4. The summed E-state index contributed by atoms with van der Waals surface area (Å²) in [6, 6.07) is 6.40. The molecule has 0 aliphatic heterocycles. The lowest BCUT2D eigenvalue weighted by Crippen LogP contribution is -2.22. The molecule has 0 heterocycles. The lowest BCUT2D eigenvalue weighted by atomic mass is 10.1. The summed E-state index contributed by atoms with van der Waals surface area (Å²) in [6.45, 7) is 8.64. The first-order chi connectivity index (χ1) is 6.52. The highest BCUT2D eigenvalue weighted by Gasteiger charge is 2.10. The fourth-order valence-corrected chi connectivity index (χ4v) is 1.49. The zero-order valence-corrected chi connectivity index (χ0v) is 10.0. The number of halogens is 1. The van der Waals surface area contributed by atoms with Crippen LogP contribution < -0.4 is 5.32 Å². The molecule has 1 aromatic carbocycles. The first-order valence-corrected chi connectivity index (χ1v) is 5.42. The van der Waals surface area contributed by atoms with Crippen LogP contribution in [0.15, 0.2) is 18.2 Å². The van der Waals surface area contributed by atoms with Gasteiger partial charge >= 0.3 is 0 Å². The average molecular weight is 212 g/mol. The van der Waals surface area contributed by atoms with E-state index in [0.717, 1.165) is 10.7 Å². The molecule has 0 fully saturated rings. The topological polar surface area (TPSA) is 12.0 Å². The van der Waals surface area contributed by atoms with Crippen molar-refractivity contribution in [1.82, 2.24) is 0 Å². The van der Waals surface area contributed by atoms with E-state index in [2.05, 4.69) is 39.1 Å². The normalized spacial score (nSPS) is 13.0. The molecule has 0 aliphatic carbocycles. The van der Waals surface area contributed by atoms with Gasteiger partial charge in [-0.2, -0.15) is 0 Å². The zero-order valence-electron chi connectivity index (χ0n) is 9.26. The van der Waals surface area contributed by atoms with Gasteiger partial charge in [0, 0.05) is 6.04 Å². The molecule has 1 atom stereocenters. The van der Waals surface area contributed by atoms with Crippen LogP contribution in [0.1, 0.15) is 26.3 Å². The Balaban J connectivity index is 2.85. The third-order valence-electron chi connectivity index (χ3n) is 2.59. The van der Waals surface area contributed by atoms with Crippen LogP contribution in [0.5, 0.6) is 0 Å². The minimum atomic E-state index is 0.439. The van der Waals surface area contributed by atoms with Gasteiger partial charge < -0.3 is 5.32 Å². The summed E-state index contributed by atoms with van der Waals surface area (Å²) < 4.78 is 0. The zero-order chi connectivity index (χ0) is 10.7. The molecule has 2 heteroatoms. The molecule has 0 amide bonds. The second-order valence-corrected chi connectivity index (χ2v) is 4.52. The Hall–Kier alpha value is -0.690. The molecule has 1 aromatic rings. The number of aryl methyl sites for hydroxylation is 1. The highest BCUT2D eigenvalue weighted by atomic mass is 35.5. The van der Waals surface area contributed by atoms with Crippen molar-refractivity contribution in [2.45, 2.75) is 33.7 Å². The molecular formula is C12H18ClN. The van der Waals surface area contributed by atoms with Crippen molar-refractivity contribution in [2.75, 3.05) is 5.32 Å². The fourth-order valence-electron chi connectivity index (χ4n) is 1.21. The Labute approximate surface area is 91.5 Å². The third kappa shape index (κ3) is 2.65. The number of anilines is 1. The number of para-hydroxylation sites is 1. The molecule has 0 saturated carbocycles. The van der Waals surface area contributed by atoms with Crippen LogP contribution in [-0.2, 0) is 0 Å². The number of rotatable bonds is 3. The van der Waals surface area contributed by atoms with Gasteiger partial charge in [0.2, 0.25) is 0 Å². The van der Waals surface area contributed by atoms with Gasteiger partial charge in [0.05, 0.1) is 10.7 Å². The minimum absolute atomic E-state index is 0.439. The van der Waals surface area contributed by atoms with Gasteiger partial charge in [-0.25, -0.2) is 0 Å². The van der Waals surface area contributed by atoms with Gasteiger partial charge in [0.1, 0.15) is 0 Å². The summed E-state index contributed by atoms with van der Waals surface area (Å²) in [5.41, 5.74) is 2.26. The van der Waals surface area contributed by atoms with Gasteiger partial charge in [-0.1, -0.05) is 37.6 Å². The summed E-state index contributed by atoms with van der Waals surface area (Å²) in [7, 11) is 0. The van der Waals surface area contributed by atoms with Crippen molar-refractivity contribution in [1.29, 1.82) is 0 Å². The van der Waals surface area contributed by atoms with E-state index in [1.165, 1.54) is 5.56 Å². The lowest BCUT2D eigenvalue weighted by Gasteiger charge is -2.21. The predicted octanol–water partition coefficient (Wildman–Crippen LogP) is 4.10. The van der Waals surface area contributed by atoms with E-state index in [4.69, 9.17) is 11.6 Å². The molecule has 0 saturated heterocycles. The second-order valence-electron chi connectivity index (χ2n) is 4.11. The molecule has 0 aromatic heterocycles. The quantitative estimate of drug-likeness (QED) is 0.794. The van der Waals surface area contributed by atoms with Crippen LogP contribution in [0.3, 0.4) is 0 Å².